The molecule has 4 nitrogen and oxygen atoms in total. The number of carbonyl (C=O) groups excluding carboxylic acids is 1. The first-order chi connectivity index (χ1) is 11.0. The van der Waals surface area contributed by atoms with Crippen LogP contribution in [0.15, 0.2) is 30.5 Å². The maximum atomic E-state index is 13.6. The average Bonchev–Trinajstić information content (AvgIpc) is 2.86. The molecule has 0 saturated carbocycles. The summed E-state index contributed by atoms with van der Waals surface area (Å²) >= 11 is 0. The fraction of sp³-hybridized carbons (Fsp3) is 0.357. The molecule has 0 spiro atoms. The molecule has 0 bridgehead atoms. The van der Waals surface area contributed by atoms with Crippen molar-refractivity contribution in [2.45, 2.75) is 24.8 Å². The summed E-state index contributed by atoms with van der Waals surface area (Å²) < 4.78 is 85.6. The van der Waals surface area contributed by atoms with E-state index < -0.39 is 29.5 Å². The third-order valence-electron chi connectivity index (χ3n) is 3.41. The summed E-state index contributed by atoms with van der Waals surface area (Å²) in [4.78, 5) is 13.8. The van der Waals surface area contributed by atoms with E-state index in [1.165, 1.54) is 25.1 Å². The van der Waals surface area contributed by atoms with Gasteiger partial charge in [-0.3, -0.25) is 5.32 Å². The summed E-state index contributed by atoms with van der Waals surface area (Å²) in [5.41, 5.74) is -5.70. The lowest BCUT2D eigenvalue weighted by Gasteiger charge is -2.37. The smallest absolute Gasteiger partial charge is 0.425 e. The highest BCUT2D eigenvalue weighted by molar-refractivity contribution is 5.85. The maximum Gasteiger partial charge on any atom is 0.425 e. The Kier molecular flexibility index (Phi) is 4.42. The van der Waals surface area contributed by atoms with Crippen molar-refractivity contribution in [1.29, 1.82) is 0 Å². The van der Waals surface area contributed by atoms with Crippen LogP contribution < -0.4 is 5.32 Å². The molecular weight excluding hydrogens is 342 g/mol. The van der Waals surface area contributed by atoms with E-state index in [-0.39, 0.29) is 17.5 Å². The van der Waals surface area contributed by atoms with Gasteiger partial charge >= 0.3 is 18.4 Å². The summed E-state index contributed by atoms with van der Waals surface area (Å²) in [6, 6.07) is 5.16. The molecule has 0 fully saturated rings. The van der Waals surface area contributed by atoms with E-state index in [9.17, 15) is 31.1 Å². The van der Waals surface area contributed by atoms with Gasteiger partial charge in [-0.2, -0.15) is 26.3 Å². The largest absolute Gasteiger partial charge is 0.450 e. The summed E-state index contributed by atoms with van der Waals surface area (Å²) in [6.07, 6.45) is -13.0. The molecule has 2 aromatic rings. The van der Waals surface area contributed by atoms with Gasteiger partial charge in [-0.15, -0.1) is 0 Å². The molecule has 0 aliphatic heterocycles. The van der Waals surface area contributed by atoms with Crippen LogP contribution >= 0.6 is 0 Å². The number of carbonyl (C=O) groups is 1. The summed E-state index contributed by atoms with van der Waals surface area (Å²) in [5, 5.41) is 0.659. The third-order valence-corrected chi connectivity index (χ3v) is 3.41. The predicted octanol–water partition coefficient (Wildman–Crippen LogP) is 4.23. The zero-order chi connectivity index (χ0) is 18.2. The molecule has 0 aliphatic rings. The van der Waals surface area contributed by atoms with Crippen LogP contribution in [0, 0.1) is 0 Å². The molecule has 0 unspecified atom stereocenters. The lowest BCUT2D eigenvalue weighted by molar-refractivity contribution is -0.310. The number of ether oxygens (including phenoxy) is 1. The molecule has 2 N–H and O–H groups in total. The van der Waals surface area contributed by atoms with Gasteiger partial charge in [0.1, 0.15) is 0 Å². The molecule has 10 heteroatoms. The highest BCUT2D eigenvalue weighted by Gasteiger charge is 2.73. The normalized spacial score (nSPS) is 13.1. The molecule has 0 aliphatic carbocycles. The number of alkyl halides is 6. The monoisotopic (exact) mass is 354 g/mol. The number of amides is 1. The van der Waals surface area contributed by atoms with Crippen molar-refractivity contribution < 1.29 is 35.9 Å². The fourth-order valence-electron chi connectivity index (χ4n) is 2.38. The second kappa shape index (κ2) is 5.91. The van der Waals surface area contributed by atoms with E-state index in [0.29, 0.717) is 6.20 Å². The van der Waals surface area contributed by atoms with Crippen LogP contribution in [0.25, 0.3) is 10.9 Å². The van der Waals surface area contributed by atoms with Crippen LogP contribution in [0.3, 0.4) is 0 Å². The molecule has 1 amide bonds. The number of alkyl carbamates (subject to hydrolysis) is 1. The number of hydrogen-bond donors (Lipinski definition) is 2. The minimum absolute atomic E-state index is 0.0658. The summed E-state index contributed by atoms with van der Waals surface area (Å²) in [7, 11) is 0. The van der Waals surface area contributed by atoms with Crippen LogP contribution in [-0.2, 0) is 10.3 Å². The van der Waals surface area contributed by atoms with E-state index >= 15 is 0 Å². The third kappa shape index (κ3) is 2.76. The molecule has 0 saturated heterocycles. The number of hydrogen-bond acceptors (Lipinski definition) is 2. The number of nitrogens with one attached hydrogen (secondary N) is 2. The Labute approximate surface area is 131 Å². The van der Waals surface area contributed by atoms with Crippen molar-refractivity contribution in [3.05, 3.63) is 36.0 Å². The van der Waals surface area contributed by atoms with E-state index in [2.05, 4.69) is 9.72 Å². The second-order valence-electron chi connectivity index (χ2n) is 4.84. The number of aromatic nitrogens is 1. The standard InChI is InChI=1S/C14H12F6N2O2/c1-2-24-11(23)22-12(13(15,16)17,14(18,19)20)9-7-21-10-6-4-3-5-8(9)10/h3-7,21H,2H2,1H3,(H,22,23). The number of halogens is 6. The molecule has 0 radical (unpaired) electrons. The minimum Gasteiger partial charge on any atom is -0.450 e. The number of benzene rings is 1. The number of H-pyrrole nitrogens is 1. The second-order valence-corrected chi connectivity index (χ2v) is 4.84. The zero-order valence-electron chi connectivity index (χ0n) is 12.2. The number of para-hydroxylation sites is 1. The molecule has 2 rings (SSSR count). The Hall–Kier alpha value is -2.39. The van der Waals surface area contributed by atoms with Crippen LogP contribution in [-0.4, -0.2) is 30.0 Å². The SMILES string of the molecule is CCOC(=O)NC(c1c[nH]c2ccccc12)(C(F)(F)F)C(F)(F)F. The lowest BCUT2D eigenvalue weighted by atomic mass is 9.88. The van der Waals surface area contributed by atoms with Gasteiger partial charge in [0.15, 0.2) is 0 Å². The molecule has 132 valence electrons. The van der Waals surface area contributed by atoms with Crippen molar-refractivity contribution in [2.75, 3.05) is 6.61 Å². The molecule has 1 heterocycles. The van der Waals surface area contributed by atoms with Gasteiger partial charge in [0.05, 0.1) is 6.61 Å². The van der Waals surface area contributed by atoms with Crippen molar-refractivity contribution in [3.8, 4) is 0 Å². The Balaban J connectivity index is 2.76. The van der Waals surface area contributed by atoms with Crippen molar-refractivity contribution >= 4 is 17.0 Å². The van der Waals surface area contributed by atoms with E-state index in [4.69, 9.17) is 0 Å². The van der Waals surface area contributed by atoms with Crippen LogP contribution in [0.2, 0.25) is 0 Å². The first-order valence-electron chi connectivity index (χ1n) is 6.69. The maximum absolute atomic E-state index is 13.6. The molecular formula is C14H12F6N2O2. The zero-order valence-corrected chi connectivity index (χ0v) is 12.2. The quantitative estimate of drug-likeness (QED) is 0.811. The van der Waals surface area contributed by atoms with Gasteiger partial charge in [0.25, 0.3) is 5.54 Å². The Morgan fingerprint density at radius 2 is 1.71 bits per heavy atom. The number of rotatable bonds is 3. The molecule has 1 aromatic heterocycles. The fourth-order valence-corrected chi connectivity index (χ4v) is 2.38. The average molecular weight is 354 g/mol. The van der Waals surface area contributed by atoms with E-state index in [0.717, 1.165) is 11.4 Å². The van der Waals surface area contributed by atoms with E-state index in [1.807, 2.05) is 0 Å². The van der Waals surface area contributed by atoms with Gasteiger partial charge in [-0.05, 0) is 13.0 Å². The van der Waals surface area contributed by atoms with Crippen LogP contribution in [0.1, 0.15) is 12.5 Å². The first-order valence-corrected chi connectivity index (χ1v) is 6.69. The molecule has 24 heavy (non-hydrogen) atoms. The van der Waals surface area contributed by atoms with Gasteiger partial charge in [-0.1, -0.05) is 18.2 Å². The van der Waals surface area contributed by atoms with Gasteiger partial charge in [0, 0.05) is 22.7 Å². The molecule has 1 aromatic carbocycles. The topological polar surface area (TPSA) is 54.1 Å². The summed E-state index contributed by atoms with van der Waals surface area (Å²) in [5.74, 6) is 0. The van der Waals surface area contributed by atoms with Crippen molar-refractivity contribution in [2.24, 2.45) is 0 Å². The van der Waals surface area contributed by atoms with Crippen LogP contribution in [0.4, 0.5) is 31.1 Å². The van der Waals surface area contributed by atoms with Gasteiger partial charge in [-0.25, -0.2) is 4.79 Å². The van der Waals surface area contributed by atoms with Crippen LogP contribution in [0.5, 0.6) is 0 Å². The van der Waals surface area contributed by atoms with Gasteiger partial charge in [0.2, 0.25) is 0 Å². The Bertz CT molecular complexity index is 721. The number of fused-ring (bicyclic) bond motifs is 1. The predicted molar refractivity (Wildman–Crippen MR) is 72.2 cm³/mol. The van der Waals surface area contributed by atoms with Crippen molar-refractivity contribution in [1.82, 2.24) is 10.3 Å². The minimum atomic E-state index is -5.86. The highest BCUT2D eigenvalue weighted by Crippen LogP contribution is 2.51. The molecule has 0 atom stereocenters. The van der Waals surface area contributed by atoms with Crippen molar-refractivity contribution in [3.63, 3.8) is 0 Å². The van der Waals surface area contributed by atoms with E-state index in [1.54, 1.807) is 0 Å². The Morgan fingerprint density at radius 3 is 2.25 bits per heavy atom. The first kappa shape index (κ1) is 18.0. The van der Waals surface area contributed by atoms with Gasteiger partial charge < -0.3 is 9.72 Å². The highest BCUT2D eigenvalue weighted by atomic mass is 19.4. The summed E-state index contributed by atoms with van der Waals surface area (Å²) in [6.45, 7) is 0.875. The Morgan fingerprint density at radius 1 is 1.12 bits per heavy atom. The number of aromatic amines is 1. The lowest BCUT2D eigenvalue weighted by Crippen LogP contribution is -2.64.